The topological polar surface area (TPSA) is 84.6 Å². The standard InChI is InChI=1S/C13H18N2O4/c16-9-10-4-5-12(13(7-10)15(17)18)14-8-11-3-1-2-6-19-11/h4-5,7,11,14,16H,1-3,6,8-9H2. The second-order valence-electron chi connectivity index (χ2n) is 4.64. The van der Waals surface area contributed by atoms with Crippen LogP contribution in [0, 0.1) is 10.1 Å². The molecule has 1 saturated heterocycles. The van der Waals surface area contributed by atoms with Gasteiger partial charge in [-0.3, -0.25) is 10.1 Å². The Morgan fingerprint density at radius 2 is 2.32 bits per heavy atom. The third kappa shape index (κ3) is 3.65. The van der Waals surface area contributed by atoms with E-state index in [1.54, 1.807) is 12.1 Å². The van der Waals surface area contributed by atoms with E-state index >= 15 is 0 Å². The lowest BCUT2D eigenvalue weighted by Crippen LogP contribution is -2.27. The van der Waals surface area contributed by atoms with Crippen LogP contribution in [0.3, 0.4) is 0 Å². The highest BCUT2D eigenvalue weighted by Gasteiger charge is 2.17. The van der Waals surface area contributed by atoms with Crippen LogP contribution >= 0.6 is 0 Å². The fourth-order valence-corrected chi connectivity index (χ4v) is 2.17. The van der Waals surface area contributed by atoms with Gasteiger partial charge in [0.05, 0.1) is 17.6 Å². The molecule has 6 nitrogen and oxygen atoms in total. The van der Waals surface area contributed by atoms with Crippen molar-refractivity contribution in [2.24, 2.45) is 0 Å². The van der Waals surface area contributed by atoms with Gasteiger partial charge < -0.3 is 15.2 Å². The minimum absolute atomic E-state index is 0.0117. The van der Waals surface area contributed by atoms with E-state index in [9.17, 15) is 10.1 Å². The highest BCUT2D eigenvalue weighted by molar-refractivity contribution is 5.62. The first-order chi connectivity index (χ1) is 9.20. The van der Waals surface area contributed by atoms with E-state index in [0.29, 0.717) is 17.8 Å². The average Bonchev–Trinajstić information content (AvgIpc) is 2.46. The molecule has 19 heavy (non-hydrogen) atoms. The fraction of sp³-hybridized carbons (Fsp3) is 0.538. The van der Waals surface area contributed by atoms with Crippen molar-refractivity contribution in [3.05, 3.63) is 33.9 Å². The van der Waals surface area contributed by atoms with E-state index in [1.807, 2.05) is 0 Å². The molecule has 0 aliphatic carbocycles. The molecular formula is C13H18N2O4. The van der Waals surface area contributed by atoms with Gasteiger partial charge in [0.2, 0.25) is 0 Å². The molecule has 1 fully saturated rings. The molecule has 0 saturated carbocycles. The van der Waals surface area contributed by atoms with E-state index in [1.165, 1.54) is 6.07 Å². The lowest BCUT2D eigenvalue weighted by Gasteiger charge is -2.23. The molecule has 1 heterocycles. The number of hydrogen-bond donors (Lipinski definition) is 2. The fourth-order valence-electron chi connectivity index (χ4n) is 2.17. The van der Waals surface area contributed by atoms with Crippen LogP contribution in [-0.4, -0.2) is 29.3 Å². The summed E-state index contributed by atoms with van der Waals surface area (Å²) >= 11 is 0. The van der Waals surface area contributed by atoms with Crippen molar-refractivity contribution in [2.75, 3.05) is 18.5 Å². The van der Waals surface area contributed by atoms with Gasteiger partial charge in [-0.05, 0) is 30.9 Å². The van der Waals surface area contributed by atoms with Crippen molar-refractivity contribution < 1.29 is 14.8 Å². The number of ether oxygens (including phenoxy) is 1. The average molecular weight is 266 g/mol. The first-order valence-corrected chi connectivity index (χ1v) is 6.44. The van der Waals surface area contributed by atoms with Crippen molar-refractivity contribution >= 4 is 11.4 Å². The van der Waals surface area contributed by atoms with Crippen molar-refractivity contribution in [1.82, 2.24) is 0 Å². The zero-order valence-corrected chi connectivity index (χ0v) is 10.7. The number of rotatable bonds is 5. The van der Waals surface area contributed by atoms with Crippen LogP contribution in [0.2, 0.25) is 0 Å². The van der Waals surface area contributed by atoms with Gasteiger partial charge in [0, 0.05) is 19.2 Å². The first kappa shape index (κ1) is 13.8. The summed E-state index contributed by atoms with van der Waals surface area (Å²) in [6, 6.07) is 4.70. The smallest absolute Gasteiger partial charge is 0.292 e. The van der Waals surface area contributed by atoms with Crippen molar-refractivity contribution in [1.29, 1.82) is 0 Å². The summed E-state index contributed by atoms with van der Waals surface area (Å²) in [6.45, 7) is 1.13. The third-order valence-corrected chi connectivity index (χ3v) is 3.24. The Kier molecular flexibility index (Phi) is 4.70. The van der Waals surface area contributed by atoms with Gasteiger partial charge in [0.1, 0.15) is 5.69 Å². The maximum absolute atomic E-state index is 11.0. The maximum atomic E-state index is 11.0. The highest BCUT2D eigenvalue weighted by atomic mass is 16.6. The SMILES string of the molecule is O=[N+]([O-])c1cc(CO)ccc1NCC1CCCCO1. The number of nitro benzene ring substituents is 1. The number of nitrogens with one attached hydrogen (secondary N) is 1. The quantitative estimate of drug-likeness (QED) is 0.629. The van der Waals surface area contributed by atoms with Gasteiger partial charge in [-0.15, -0.1) is 0 Å². The summed E-state index contributed by atoms with van der Waals surface area (Å²) in [5.41, 5.74) is 0.991. The molecule has 0 amide bonds. The van der Waals surface area contributed by atoms with Crippen LogP contribution in [0.25, 0.3) is 0 Å². The van der Waals surface area contributed by atoms with Crippen molar-refractivity contribution in [2.45, 2.75) is 32.0 Å². The Morgan fingerprint density at radius 1 is 1.47 bits per heavy atom. The van der Waals surface area contributed by atoms with Gasteiger partial charge in [0.15, 0.2) is 0 Å². The summed E-state index contributed by atoms with van der Waals surface area (Å²) in [7, 11) is 0. The first-order valence-electron chi connectivity index (χ1n) is 6.44. The van der Waals surface area contributed by atoms with E-state index in [2.05, 4.69) is 5.32 Å². The predicted octanol–water partition coefficient (Wildman–Crippen LogP) is 2.07. The summed E-state index contributed by atoms with van der Waals surface area (Å²) in [5.74, 6) is 0. The number of aliphatic hydroxyl groups is 1. The molecule has 6 heteroatoms. The molecule has 1 aromatic rings. The van der Waals surface area contributed by atoms with Crippen molar-refractivity contribution in [3.8, 4) is 0 Å². The molecular weight excluding hydrogens is 248 g/mol. The van der Waals surface area contributed by atoms with Gasteiger partial charge >= 0.3 is 0 Å². The van der Waals surface area contributed by atoms with Crippen LogP contribution in [-0.2, 0) is 11.3 Å². The molecule has 0 spiro atoms. The number of anilines is 1. The zero-order valence-electron chi connectivity index (χ0n) is 10.7. The second-order valence-corrected chi connectivity index (χ2v) is 4.64. The molecule has 2 rings (SSSR count). The van der Waals surface area contributed by atoms with Gasteiger partial charge in [-0.1, -0.05) is 6.07 Å². The number of nitro groups is 1. The predicted molar refractivity (Wildman–Crippen MR) is 71.1 cm³/mol. The van der Waals surface area contributed by atoms with Crippen LogP contribution in [0.5, 0.6) is 0 Å². The van der Waals surface area contributed by atoms with Gasteiger partial charge in [0.25, 0.3) is 5.69 Å². The second kappa shape index (κ2) is 6.49. The Hall–Kier alpha value is -1.66. The molecule has 0 aromatic heterocycles. The Balaban J connectivity index is 2.04. The van der Waals surface area contributed by atoms with Crippen LogP contribution in [0.1, 0.15) is 24.8 Å². The molecule has 1 atom stereocenters. The lowest BCUT2D eigenvalue weighted by molar-refractivity contribution is -0.384. The minimum Gasteiger partial charge on any atom is -0.392 e. The number of aliphatic hydroxyl groups excluding tert-OH is 1. The largest absolute Gasteiger partial charge is 0.392 e. The zero-order chi connectivity index (χ0) is 13.7. The number of hydrogen-bond acceptors (Lipinski definition) is 5. The van der Waals surface area contributed by atoms with E-state index in [-0.39, 0.29) is 18.4 Å². The van der Waals surface area contributed by atoms with Gasteiger partial charge in [-0.25, -0.2) is 0 Å². The summed E-state index contributed by atoms with van der Waals surface area (Å²) in [6.07, 6.45) is 3.32. The minimum atomic E-state index is -0.441. The number of nitrogens with zero attached hydrogens (tertiary/aromatic N) is 1. The molecule has 104 valence electrons. The van der Waals surface area contributed by atoms with Gasteiger partial charge in [-0.2, -0.15) is 0 Å². The molecule has 1 unspecified atom stereocenters. The maximum Gasteiger partial charge on any atom is 0.292 e. The molecule has 1 aliphatic rings. The summed E-state index contributed by atoms with van der Waals surface area (Å²) in [5, 5.41) is 23.1. The monoisotopic (exact) mass is 266 g/mol. The normalized spacial score (nSPS) is 19.1. The Bertz CT molecular complexity index is 444. The molecule has 0 radical (unpaired) electrons. The van der Waals surface area contributed by atoms with E-state index < -0.39 is 4.92 Å². The van der Waals surface area contributed by atoms with Crippen LogP contribution in [0.4, 0.5) is 11.4 Å². The van der Waals surface area contributed by atoms with Crippen LogP contribution < -0.4 is 5.32 Å². The molecule has 1 aromatic carbocycles. The van der Waals surface area contributed by atoms with Crippen molar-refractivity contribution in [3.63, 3.8) is 0 Å². The lowest BCUT2D eigenvalue weighted by atomic mass is 10.1. The molecule has 0 bridgehead atoms. The molecule has 1 aliphatic heterocycles. The van der Waals surface area contributed by atoms with E-state index in [4.69, 9.17) is 9.84 Å². The van der Waals surface area contributed by atoms with Crippen LogP contribution in [0.15, 0.2) is 18.2 Å². The summed E-state index contributed by atoms with van der Waals surface area (Å²) < 4.78 is 5.57. The Morgan fingerprint density at radius 3 is 2.95 bits per heavy atom. The third-order valence-electron chi connectivity index (χ3n) is 3.24. The Labute approximate surface area is 111 Å². The summed E-state index contributed by atoms with van der Waals surface area (Å²) in [4.78, 5) is 10.6. The number of benzene rings is 1. The van der Waals surface area contributed by atoms with E-state index in [0.717, 1.165) is 25.9 Å². The molecule has 2 N–H and O–H groups in total. The highest BCUT2D eigenvalue weighted by Crippen LogP contribution is 2.26.